The first-order valence-corrected chi connectivity index (χ1v) is 6.20. The van der Waals surface area contributed by atoms with Crippen molar-refractivity contribution in [2.45, 2.75) is 39.3 Å². The standard InChI is InChI=1S/C12H27N3/c1-10(2)12(8-13)15-7-5-6-14(4)9-11(15)3/h10-12H,5-9,13H2,1-4H3. The van der Waals surface area contributed by atoms with Gasteiger partial charge in [-0.1, -0.05) is 13.8 Å². The lowest BCUT2D eigenvalue weighted by Crippen LogP contribution is -2.50. The molecule has 2 atom stereocenters. The van der Waals surface area contributed by atoms with Crippen LogP contribution in [0, 0.1) is 5.92 Å². The van der Waals surface area contributed by atoms with Crippen molar-refractivity contribution in [3.63, 3.8) is 0 Å². The third-order valence-corrected chi connectivity index (χ3v) is 3.54. The molecule has 1 aliphatic rings. The van der Waals surface area contributed by atoms with Crippen LogP contribution < -0.4 is 5.73 Å². The van der Waals surface area contributed by atoms with Crippen LogP contribution in [-0.2, 0) is 0 Å². The van der Waals surface area contributed by atoms with Crippen LogP contribution in [0.4, 0.5) is 0 Å². The smallest absolute Gasteiger partial charge is 0.0244 e. The molecule has 90 valence electrons. The van der Waals surface area contributed by atoms with Gasteiger partial charge in [-0.05, 0) is 32.9 Å². The zero-order valence-corrected chi connectivity index (χ0v) is 10.7. The Morgan fingerprint density at radius 1 is 1.33 bits per heavy atom. The van der Waals surface area contributed by atoms with E-state index in [0.29, 0.717) is 18.0 Å². The molecule has 3 nitrogen and oxygen atoms in total. The first-order chi connectivity index (χ1) is 7.06. The van der Waals surface area contributed by atoms with Crippen molar-refractivity contribution in [1.82, 2.24) is 9.80 Å². The number of nitrogens with two attached hydrogens (primary N) is 1. The van der Waals surface area contributed by atoms with Crippen molar-refractivity contribution in [2.75, 3.05) is 33.2 Å². The van der Waals surface area contributed by atoms with Crippen LogP contribution in [0.3, 0.4) is 0 Å². The van der Waals surface area contributed by atoms with Gasteiger partial charge >= 0.3 is 0 Å². The summed E-state index contributed by atoms with van der Waals surface area (Å²) < 4.78 is 0. The molecule has 0 aromatic heterocycles. The topological polar surface area (TPSA) is 32.5 Å². The molecule has 2 N–H and O–H groups in total. The first kappa shape index (κ1) is 12.9. The second kappa shape index (κ2) is 5.83. The lowest BCUT2D eigenvalue weighted by Gasteiger charge is -2.37. The summed E-state index contributed by atoms with van der Waals surface area (Å²) in [5.74, 6) is 0.654. The van der Waals surface area contributed by atoms with Gasteiger partial charge in [0.15, 0.2) is 0 Å². The van der Waals surface area contributed by atoms with Crippen LogP contribution in [0.15, 0.2) is 0 Å². The minimum absolute atomic E-state index is 0.548. The van der Waals surface area contributed by atoms with Crippen molar-refractivity contribution in [3.05, 3.63) is 0 Å². The van der Waals surface area contributed by atoms with E-state index in [1.807, 2.05) is 0 Å². The molecule has 0 saturated carbocycles. The minimum atomic E-state index is 0.548. The largest absolute Gasteiger partial charge is 0.329 e. The molecule has 15 heavy (non-hydrogen) atoms. The monoisotopic (exact) mass is 213 g/mol. The van der Waals surface area contributed by atoms with Crippen molar-refractivity contribution in [2.24, 2.45) is 11.7 Å². The van der Waals surface area contributed by atoms with Crippen LogP contribution in [-0.4, -0.2) is 55.1 Å². The maximum Gasteiger partial charge on any atom is 0.0244 e. The van der Waals surface area contributed by atoms with Crippen molar-refractivity contribution in [1.29, 1.82) is 0 Å². The summed E-state index contributed by atoms with van der Waals surface area (Å²) in [4.78, 5) is 5.03. The van der Waals surface area contributed by atoms with Crippen LogP contribution in [0.5, 0.6) is 0 Å². The van der Waals surface area contributed by atoms with Gasteiger partial charge in [0.05, 0.1) is 0 Å². The van der Waals surface area contributed by atoms with E-state index in [0.717, 1.165) is 6.54 Å². The molecule has 0 aromatic rings. The summed E-state index contributed by atoms with van der Waals surface area (Å²) in [5.41, 5.74) is 5.90. The average Bonchev–Trinajstić information content (AvgIpc) is 2.29. The van der Waals surface area contributed by atoms with Crippen LogP contribution in [0.25, 0.3) is 0 Å². The summed E-state index contributed by atoms with van der Waals surface area (Å²) in [7, 11) is 2.22. The molecule has 2 unspecified atom stereocenters. The lowest BCUT2D eigenvalue weighted by atomic mass is 10.0. The van der Waals surface area contributed by atoms with Crippen LogP contribution in [0.2, 0.25) is 0 Å². The molecule has 3 heteroatoms. The Bertz CT molecular complexity index is 182. The average molecular weight is 213 g/mol. The van der Waals surface area contributed by atoms with E-state index in [-0.39, 0.29) is 0 Å². The molecule has 0 aliphatic carbocycles. The van der Waals surface area contributed by atoms with Gasteiger partial charge in [0, 0.05) is 31.7 Å². The SMILES string of the molecule is CC(C)C(CN)N1CCCN(C)CC1C. The first-order valence-electron chi connectivity index (χ1n) is 6.20. The molecular weight excluding hydrogens is 186 g/mol. The second-order valence-corrected chi connectivity index (χ2v) is 5.25. The van der Waals surface area contributed by atoms with Crippen molar-refractivity contribution < 1.29 is 0 Å². The summed E-state index contributed by atoms with van der Waals surface area (Å²) in [6.45, 7) is 11.3. The molecular formula is C12H27N3. The third kappa shape index (κ3) is 3.44. The summed E-state index contributed by atoms with van der Waals surface area (Å²) in [6.07, 6.45) is 1.27. The number of hydrogen-bond acceptors (Lipinski definition) is 3. The Morgan fingerprint density at radius 2 is 2.00 bits per heavy atom. The highest BCUT2D eigenvalue weighted by molar-refractivity contribution is 4.83. The van der Waals surface area contributed by atoms with Gasteiger partial charge in [-0.3, -0.25) is 4.90 Å². The fourth-order valence-corrected chi connectivity index (χ4v) is 2.67. The Morgan fingerprint density at radius 3 is 2.53 bits per heavy atom. The maximum absolute atomic E-state index is 5.90. The highest BCUT2D eigenvalue weighted by Gasteiger charge is 2.27. The Kier molecular flexibility index (Phi) is 5.03. The molecule has 0 amide bonds. The fraction of sp³-hybridized carbons (Fsp3) is 1.00. The second-order valence-electron chi connectivity index (χ2n) is 5.25. The predicted molar refractivity (Wildman–Crippen MR) is 66.0 cm³/mol. The molecule has 0 bridgehead atoms. The van der Waals surface area contributed by atoms with Crippen LogP contribution in [0.1, 0.15) is 27.2 Å². The van der Waals surface area contributed by atoms with E-state index in [1.54, 1.807) is 0 Å². The number of nitrogens with zero attached hydrogens (tertiary/aromatic N) is 2. The minimum Gasteiger partial charge on any atom is -0.329 e. The van der Waals surface area contributed by atoms with E-state index < -0.39 is 0 Å². The van der Waals surface area contributed by atoms with Gasteiger partial charge in [-0.2, -0.15) is 0 Å². The molecule has 1 fully saturated rings. The van der Waals surface area contributed by atoms with E-state index in [9.17, 15) is 0 Å². The predicted octanol–water partition coefficient (Wildman–Crippen LogP) is 0.996. The normalized spacial score (nSPS) is 28.0. The summed E-state index contributed by atoms with van der Waals surface area (Å²) >= 11 is 0. The quantitative estimate of drug-likeness (QED) is 0.759. The third-order valence-electron chi connectivity index (χ3n) is 3.54. The Balaban J connectivity index is 2.65. The molecule has 0 aromatic carbocycles. The van der Waals surface area contributed by atoms with Gasteiger partial charge in [0.25, 0.3) is 0 Å². The van der Waals surface area contributed by atoms with E-state index in [2.05, 4.69) is 37.6 Å². The summed E-state index contributed by atoms with van der Waals surface area (Å²) in [5, 5.41) is 0. The van der Waals surface area contributed by atoms with Gasteiger partial charge in [-0.25, -0.2) is 0 Å². The Hall–Kier alpha value is -0.120. The highest BCUT2D eigenvalue weighted by atomic mass is 15.3. The van der Waals surface area contributed by atoms with E-state index in [4.69, 9.17) is 5.73 Å². The molecule has 0 radical (unpaired) electrons. The number of hydrogen-bond donors (Lipinski definition) is 1. The molecule has 0 spiro atoms. The zero-order chi connectivity index (χ0) is 11.4. The molecule has 1 rings (SSSR count). The molecule has 1 aliphatic heterocycles. The van der Waals surface area contributed by atoms with Gasteiger partial charge < -0.3 is 10.6 Å². The van der Waals surface area contributed by atoms with Crippen molar-refractivity contribution >= 4 is 0 Å². The zero-order valence-electron chi connectivity index (χ0n) is 10.7. The van der Waals surface area contributed by atoms with E-state index >= 15 is 0 Å². The number of likely N-dealkylation sites (N-methyl/N-ethyl adjacent to an activating group) is 1. The van der Waals surface area contributed by atoms with Gasteiger partial charge in [-0.15, -0.1) is 0 Å². The maximum atomic E-state index is 5.90. The Labute approximate surface area is 94.6 Å². The van der Waals surface area contributed by atoms with Crippen LogP contribution >= 0.6 is 0 Å². The lowest BCUT2D eigenvalue weighted by molar-refractivity contribution is 0.115. The fourth-order valence-electron chi connectivity index (χ4n) is 2.67. The highest BCUT2D eigenvalue weighted by Crippen LogP contribution is 2.17. The van der Waals surface area contributed by atoms with Crippen molar-refractivity contribution in [3.8, 4) is 0 Å². The van der Waals surface area contributed by atoms with Gasteiger partial charge in [0.2, 0.25) is 0 Å². The molecule has 1 heterocycles. The van der Waals surface area contributed by atoms with Gasteiger partial charge in [0.1, 0.15) is 0 Å². The summed E-state index contributed by atoms with van der Waals surface area (Å²) in [6, 6.07) is 1.18. The molecule has 1 saturated heterocycles. The van der Waals surface area contributed by atoms with E-state index in [1.165, 1.54) is 26.1 Å². The number of rotatable bonds is 3.